The minimum Gasteiger partial charge on any atom is -0.497 e. The smallest absolute Gasteiger partial charge is 0.251 e. The fraction of sp³-hybridized carbons (Fsp3) is 0.429. The van der Waals surface area contributed by atoms with Gasteiger partial charge in [-0.2, -0.15) is 0 Å². The molecule has 1 aromatic rings. The second kappa shape index (κ2) is 8.49. The monoisotopic (exact) mass is 313 g/mol. The molecule has 2 N–H and O–H groups in total. The molecule has 0 radical (unpaired) electrons. The maximum atomic E-state index is 11.9. The van der Waals surface area contributed by atoms with Crippen LogP contribution in [0.1, 0.15) is 10.4 Å². The fourth-order valence-electron chi connectivity index (χ4n) is 2.03. The predicted molar refractivity (Wildman–Crippen MR) is 82.0 cm³/mol. The number of amides is 2. The molecule has 2 amide bonds. The van der Waals surface area contributed by atoms with E-state index in [4.69, 9.17) is 4.74 Å². The molecule has 0 bridgehead atoms. The van der Waals surface area contributed by atoms with Crippen molar-refractivity contribution in [3.05, 3.63) is 29.8 Å². The second-order valence-electron chi connectivity index (χ2n) is 4.54. The van der Waals surface area contributed by atoms with E-state index in [1.807, 2.05) is 0 Å². The van der Waals surface area contributed by atoms with Gasteiger partial charge in [-0.1, -0.05) is 0 Å². The van der Waals surface area contributed by atoms with Gasteiger partial charge in [0.2, 0.25) is 5.91 Å². The zero-order valence-corrected chi connectivity index (χ0v) is 12.7. The molecule has 1 saturated heterocycles. The molecule has 7 heteroatoms. The number of carbonyl (C=O) groups is 2. The minimum absolute atomic E-state index is 0. The summed E-state index contributed by atoms with van der Waals surface area (Å²) in [4.78, 5) is 25.5. The molecule has 1 fully saturated rings. The largest absolute Gasteiger partial charge is 0.497 e. The highest BCUT2D eigenvalue weighted by atomic mass is 35.5. The van der Waals surface area contributed by atoms with Gasteiger partial charge in [-0.05, 0) is 24.3 Å². The van der Waals surface area contributed by atoms with Gasteiger partial charge in [-0.25, -0.2) is 0 Å². The molecular weight excluding hydrogens is 294 g/mol. The number of hydrogen-bond donors (Lipinski definition) is 2. The summed E-state index contributed by atoms with van der Waals surface area (Å²) in [5, 5.41) is 5.82. The average molecular weight is 314 g/mol. The van der Waals surface area contributed by atoms with E-state index >= 15 is 0 Å². The van der Waals surface area contributed by atoms with Crippen molar-refractivity contribution in [3.63, 3.8) is 0 Å². The van der Waals surface area contributed by atoms with Crippen LogP contribution in [0.25, 0.3) is 0 Å². The number of nitrogens with zero attached hydrogens (tertiary/aromatic N) is 1. The lowest BCUT2D eigenvalue weighted by Gasteiger charge is -2.27. The molecule has 0 spiro atoms. The van der Waals surface area contributed by atoms with Crippen molar-refractivity contribution < 1.29 is 14.3 Å². The van der Waals surface area contributed by atoms with Crippen molar-refractivity contribution in [2.24, 2.45) is 0 Å². The summed E-state index contributed by atoms with van der Waals surface area (Å²) in [5.41, 5.74) is 0.513. The summed E-state index contributed by atoms with van der Waals surface area (Å²) in [7, 11) is 1.57. The molecule has 2 rings (SSSR count). The van der Waals surface area contributed by atoms with Gasteiger partial charge in [0.25, 0.3) is 5.91 Å². The topological polar surface area (TPSA) is 70.7 Å². The molecule has 6 nitrogen and oxygen atoms in total. The zero-order valence-electron chi connectivity index (χ0n) is 11.9. The predicted octanol–water partition coefficient (Wildman–Crippen LogP) is 0.279. The average Bonchev–Trinajstić information content (AvgIpc) is 2.53. The summed E-state index contributed by atoms with van der Waals surface area (Å²) in [5.74, 6) is 0.392. The van der Waals surface area contributed by atoms with Gasteiger partial charge >= 0.3 is 0 Å². The summed E-state index contributed by atoms with van der Waals surface area (Å²) >= 11 is 0. The van der Waals surface area contributed by atoms with Crippen molar-refractivity contribution in [2.45, 2.75) is 0 Å². The minimum atomic E-state index is -0.254. The normalized spacial score (nSPS) is 14.0. The van der Waals surface area contributed by atoms with E-state index in [-0.39, 0.29) is 30.8 Å². The maximum absolute atomic E-state index is 11.9. The van der Waals surface area contributed by atoms with E-state index in [1.165, 1.54) is 0 Å². The first-order valence-electron chi connectivity index (χ1n) is 6.61. The van der Waals surface area contributed by atoms with Gasteiger partial charge in [-0.3, -0.25) is 9.59 Å². The molecule has 1 aliphatic heterocycles. The van der Waals surface area contributed by atoms with Crippen LogP contribution in [-0.2, 0) is 4.79 Å². The number of rotatable bonds is 4. The van der Waals surface area contributed by atoms with Crippen molar-refractivity contribution in [3.8, 4) is 5.75 Å². The SMILES string of the molecule is COc1ccc(C(=O)NCC(=O)N2CCNCC2)cc1.Cl. The fourth-order valence-corrected chi connectivity index (χ4v) is 2.03. The lowest BCUT2D eigenvalue weighted by atomic mass is 10.2. The summed E-state index contributed by atoms with van der Waals surface area (Å²) in [6.45, 7) is 3.02. The number of ether oxygens (including phenoxy) is 1. The molecule has 1 aromatic carbocycles. The molecule has 21 heavy (non-hydrogen) atoms. The van der Waals surface area contributed by atoms with Crippen molar-refractivity contribution in [1.82, 2.24) is 15.5 Å². The van der Waals surface area contributed by atoms with Crippen LogP contribution in [0.15, 0.2) is 24.3 Å². The molecule has 0 unspecified atom stereocenters. The number of methoxy groups -OCH3 is 1. The van der Waals surface area contributed by atoms with Crippen molar-refractivity contribution >= 4 is 24.2 Å². The second-order valence-corrected chi connectivity index (χ2v) is 4.54. The standard InChI is InChI=1S/C14H19N3O3.ClH/c1-20-12-4-2-11(3-5-12)14(19)16-10-13(18)17-8-6-15-7-9-17;/h2-5,15H,6-10H2,1H3,(H,16,19);1H. The third-order valence-electron chi connectivity index (χ3n) is 3.22. The Balaban J connectivity index is 0.00000220. The van der Waals surface area contributed by atoms with Crippen LogP contribution in [0, 0.1) is 0 Å². The molecular formula is C14H20ClN3O3. The van der Waals surface area contributed by atoms with Crippen LogP contribution in [0.3, 0.4) is 0 Å². The maximum Gasteiger partial charge on any atom is 0.251 e. The highest BCUT2D eigenvalue weighted by Gasteiger charge is 2.16. The number of halogens is 1. The molecule has 0 saturated carbocycles. The Morgan fingerprint density at radius 1 is 1.24 bits per heavy atom. The number of piperazine rings is 1. The number of nitrogens with one attached hydrogen (secondary N) is 2. The number of carbonyl (C=O) groups excluding carboxylic acids is 2. The third-order valence-corrected chi connectivity index (χ3v) is 3.22. The highest BCUT2D eigenvalue weighted by molar-refractivity contribution is 5.96. The Hall–Kier alpha value is -1.79. The van der Waals surface area contributed by atoms with Gasteiger partial charge in [0.05, 0.1) is 13.7 Å². The number of benzene rings is 1. The van der Waals surface area contributed by atoms with Crippen LogP contribution in [0.2, 0.25) is 0 Å². The van der Waals surface area contributed by atoms with Crippen LogP contribution >= 0.6 is 12.4 Å². The lowest BCUT2D eigenvalue weighted by Crippen LogP contribution is -2.49. The van der Waals surface area contributed by atoms with E-state index in [2.05, 4.69) is 10.6 Å². The van der Waals surface area contributed by atoms with E-state index < -0.39 is 0 Å². The van der Waals surface area contributed by atoms with E-state index in [0.29, 0.717) is 24.4 Å². The summed E-state index contributed by atoms with van der Waals surface area (Å²) < 4.78 is 5.03. The van der Waals surface area contributed by atoms with Crippen LogP contribution < -0.4 is 15.4 Å². The van der Waals surface area contributed by atoms with E-state index in [1.54, 1.807) is 36.3 Å². The Morgan fingerprint density at radius 3 is 2.43 bits per heavy atom. The first-order valence-corrected chi connectivity index (χ1v) is 6.61. The molecule has 1 heterocycles. The first kappa shape index (κ1) is 17.3. The van der Waals surface area contributed by atoms with Gasteiger partial charge in [0, 0.05) is 31.7 Å². The van der Waals surface area contributed by atoms with Crippen LogP contribution in [-0.4, -0.2) is 56.5 Å². The Bertz CT molecular complexity index is 473. The molecule has 0 atom stereocenters. The first-order chi connectivity index (χ1) is 9.70. The quantitative estimate of drug-likeness (QED) is 0.837. The Morgan fingerprint density at radius 2 is 1.86 bits per heavy atom. The Kier molecular flexibility index (Phi) is 6.98. The molecule has 0 aliphatic carbocycles. The summed E-state index contributed by atoms with van der Waals surface area (Å²) in [6, 6.07) is 6.77. The molecule has 116 valence electrons. The van der Waals surface area contributed by atoms with Gasteiger partial charge in [0.1, 0.15) is 5.75 Å². The van der Waals surface area contributed by atoms with Crippen molar-refractivity contribution in [2.75, 3.05) is 39.8 Å². The molecule has 1 aliphatic rings. The van der Waals surface area contributed by atoms with E-state index in [9.17, 15) is 9.59 Å². The van der Waals surface area contributed by atoms with Gasteiger partial charge < -0.3 is 20.3 Å². The molecule has 0 aromatic heterocycles. The van der Waals surface area contributed by atoms with Crippen molar-refractivity contribution in [1.29, 1.82) is 0 Å². The zero-order chi connectivity index (χ0) is 14.4. The summed E-state index contributed by atoms with van der Waals surface area (Å²) in [6.07, 6.45) is 0. The lowest BCUT2D eigenvalue weighted by molar-refractivity contribution is -0.130. The van der Waals surface area contributed by atoms with Gasteiger partial charge in [0.15, 0.2) is 0 Å². The third kappa shape index (κ3) is 4.91. The Labute approximate surface area is 130 Å². The van der Waals surface area contributed by atoms with Crippen LogP contribution in [0.4, 0.5) is 0 Å². The highest BCUT2D eigenvalue weighted by Crippen LogP contribution is 2.10. The van der Waals surface area contributed by atoms with Gasteiger partial charge in [-0.15, -0.1) is 12.4 Å². The van der Waals surface area contributed by atoms with E-state index in [0.717, 1.165) is 13.1 Å². The number of hydrogen-bond acceptors (Lipinski definition) is 4. The van der Waals surface area contributed by atoms with Crippen LogP contribution in [0.5, 0.6) is 5.75 Å².